The highest BCUT2D eigenvalue weighted by Crippen LogP contribution is 2.51. The minimum atomic E-state index is -2.71. The topological polar surface area (TPSA) is 96.5 Å². The molecular weight excluding hydrogens is 516 g/mol. The van der Waals surface area contributed by atoms with Crippen LogP contribution in [0.25, 0.3) is 0 Å². The molecule has 7 nitrogen and oxygen atoms in total. The van der Waals surface area contributed by atoms with Gasteiger partial charge in [0, 0.05) is 24.2 Å². The van der Waals surface area contributed by atoms with Gasteiger partial charge < -0.3 is 20.7 Å². The summed E-state index contributed by atoms with van der Waals surface area (Å²) in [5.74, 6) is -0.828. The van der Waals surface area contributed by atoms with E-state index >= 15 is 0 Å². The lowest BCUT2D eigenvalue weighted by Gasteiger charge is -2.18. The van der Waals surface area contributed by atoms with E-state index in [4.69, 9.17) is 16.3 Å². The van der Waals surface area contributed by atoms with Crippen LogP contribution in [-0.2, 0) is 11.3 Å². The van der Waals surface area contributed by atoms with Gasteiger partial charge in [0.2, 0.25) is 5.91 Å². The van der Waals surface area contributed by atoms with Crippen molar-refractivity contribution in [3.63, 3.8) is 0 Å². The summed E-state index contributed by atoms with van der Waals surface area (Å²) < 4.78 is 30.7. The molecule has 3 amide bonds. The summed E-state index contributed by atoms with van der Waals surface area (Å²) in [4.78, 5) is 38.1. The number of hydrogen-bond acceptors (Lipinski definition) is 4. The van der Waals surface area contributed by atoms with Crippen LogP contribution in [0.5, 0.6) is 5.75 Å². The second-order valence-electron chi connectivity index (χ2n) is 11.2. The van der Waals surface area contributed by atoms with E-state index in [0.29, 0.717) is 18.0 Å². The molecule has 1 aliphatic rings. The molecule has 1 saturated carbocycles. The van der Waals surface area contributed by atoms with Gasteiger partial charge in [-0.15, -0.1) is 0 Å². The van der Waals surface area contributed by atoms with E-state index in [0.717, 1.165) is 6.42 Å². The molecule has 0 unspecified atom stereocenters. The third kappa shape index (κ3) is 7.90. The van der Waals surface area contributed by atoms with Crippen molar-refractivity contribution in [3.8, 4) is 5.75 Å². The fraction of sp³-hybridized carbons (Fsp3) is 0.464. The lowest BCUT2D eigenvalue weighted by atomic mass is 9.95. The molecule has 2 aromatic rings. The molecule has 0 radical (unpaired) electrons. The first kappa shape index (κ1) is 29.4. The average molecular weight is 550 g/mol. The molecule has 3 N–H and O–H groups in total. The number of benzene rings is 2. The summed E-state index contributed by atoms with van der Waals surface area (Å²) in [5, 5.41) is 8.56. The Morgan fingerprint density at radius 3 is 2.34 bits per heavy atom. The highest BCUT2D eigenvalue weighted by atomic mass is 35.5. The van der Waals surface area contributed by atoms with Crippen molar-refractivity contribution in [2.24, 2.45) is 16.7 Å². The van der Waals surface area contributed by atoms with Crippen molar-refractivity contribution >= 4 is 35.0 Å². The van der Waals surface area contributed by atoms with Crippen LogP contribution in [0.4, 0.5) is 14.5 Å². The number of ether oxygens (including phenoxy) is 1. The Labute approximate surface area is 226 Å². The minimum absolute atomic E-state index is 0.00882. The van der Waals surface area contributed by atoms with E-state index in [9.17, 15) is 23.2 Å². The Kier molecular flexibility index (Phi) is 9.02. The Morgan fingerprint density at radius 1 is 1.05 bits per heavy atom. The third-order valence-electron chi connectivity index (χ3n) is 6.48. The molecule has 0 aromatic heterocycles. The zero-order chi connectivity index (χ0) is 28.3. The van der Waals surface area contributed by atoms with Crippen LogP contribution >= 0.6 is 11.6 Å². The minimum Gasteiger partial charge on any atom is -0.487 e. The van der Waals surface area contributed by atoms with E-state index in [1.165, 1.54) is 18.2 Å². The Balaban J connectivity index is 1.76. The van der Waals surface area contributed by atoms with Gasteiger partial charge in [0.1, 0.15) is 12.4 Å². The fourth-order valence-electron chi connectivity index (χ4n) is 3.80. The van der Waals surface area contributed by atoms with Crippen molar-refractivity contribution < 1.29 is 27.9 Å². The normalized spacial score (nSPS) is 16.1. The standard InChI is InChI=1S/C28H34ClF2N3O4/c1-27(2,3)26(37)33-13-16-6-8-21(29)19(10-16)25(36)34-18-7-9-22(38-15-23(30)31)20(11-18)24(35)32-14-17-12-28(17,4)5/h6-11,17,23H,12-15H2,1-5H3,(H,32,35)(H,33,37)(H,34,36)/t17-/m0/s1. The van der Waals surface area contributed by atoms with Gasteiger partial charge in [-0.05, 0) is 53.6 Å². The lowest BCUT2D eigenvalue weighted by Crippen LogP contribution is -2.34. The first-order valence-electron chi connectivity index (χ1n) is 12.4. The molecule has 0 aliphatic heterocycles. The molecule has 2 aromatic carbocycles. The number of halogens is 3. The maximum atomic E-state index is 13.0. The van der Waals surface area contributed by atoms with Crippen LogP contribution < -0.4 is 20.7 Å². The molecule has 0 spiro atoms. The quantitative estimate of drug-likeness (QED) is 0.355. The average Bonchev–Trinajstić information content (AvgIpc) is 3.46. The van der Waals surface area contributed by atoms with E-state index in [-0.39, 0.29) is 45.5 Å². The van der Waals surface area contributed by atoms with Gasteiger partial charge in [-0.25, -0.2) is 8.78 Å². The maximum Gasteiger partial charge on any atom is 0.272 e. The SMILES string of the molecule is CC(C)(C)C(=O)NCc1ccc(Cl)c(C(=O)Nc2ccc(OCC(F)F)c(C(=O)NC[C@@H]3CC3(C)C)c2)c1. The van der Waals surface area contributed by atoms with E-state index in [1.54, 1.807) is 39.0 Å². The Bertz CT molecular complexity index is 1210. The zero-order valence-corrected chi connectivity index (χ0v) is 23.0. The molecule has 0 heterocycles. The van der Waals surface area contributed by atoms with Crippen LogP contribution in [0, 0.1) is 16.7 Å². The van der Waals surface area contributed by atoms with Gasteiger partial charge in [-0.2, -0.15) is 0 Å². The van der Waals surface area contributed by atoms with Gasteiger partial charge >= 0.3 is 0 Å². The van der Waals surface area contributed by atoms with Crippen molar-refractivity contribution in [2.45, 2.75) is 54.0 Å². The lowest BCUT2D eigenvalue weighted by molar-refractivity contribution is -0.128. The van der Waals surface area contributed by atoms with Gasteiger partial charge in [0.15, 0.2) is 0 Å². The van der Waals surface area contributed by atoms with Gasteiger partial charge in [0.25, 0.3) is 18.2 Å². The Hall–Kier alpha value is -3.20. The summed E-state index contributed by atoms with van der Waals surface area (Å²) in [6.45, 7) is 9.41. The molecule has 1 atom stereocenters. The monoisotopic (exact) mass is 549 g/mol. The summed E-state index contributed by atoms with van der Waals surface area (Å²) in [6.07, 6.45) is -1.72. The number of amides is 3. The van der Waals surface area contributed by atoms with E-state index < -0.39 is 30.3 Å². The van der Waals surface area contributed by atoms with Crippen LogP contribution in [0.2, 0.25) is 5.02 Å². The van der Waals surface area contributed by atoms with Crippen LogP contribution in [-0.4, -0.2) is 37.3 Å². The summed E-state index contributed by atoms with van der Waals surface area (Å²) >= 11 is 6.27. The highest BCUT2D eigenvalue weighted by Gasteiger charge is 2.45. The molecule has 1 fully saturated rings. The maximum absolute atomic E-state index is 13.0. The first-order chi connectivity index (χ1) is 17.7. The van der Waals surface area contributed by atoms with Crippen LogP contribution in [0.3, 0.4) is 0 Å². The number of rotatable bonds is 10. The molecule has 3 rings (SSSR count). The first-order valence-corrected chi connectivity index (χ1v) is 12.8. The molecule has 0 saturated heterocycles. The van der Waals surface area contributed by atoms with E-state index in [2.05, 4.69) is 29.8 Å². The number of nitrogens with one attached hydrogen (secondary N) is 3. The molecule has 10 heteroatoms. The zero-order valence-electron chi connectivity index (χ0n) is 22.2. The highest BCUT2D eigenvalue weighted by molar-refractivity contribution is 6.34. The van der Waals surface area contributed by atoms with Crippen molar-refractivity contribution in [1.82, 2.24) is 10.6 Å². The molecule has 206 valence electrons. The van der Waals surface area contributed by atoms with Gasteiger partial charge in [-0.1, -0.05) is 52.3 Å². The third-order valence-corrected chi connectivity index (χ3v) is 6.81. The predicted octanol–water partition coefficient (Wildman–Crippen LogP) is 5.67. The molecular formula is C28H34ClF2N3O4. The van der Waals surface area contributed by atoms with Crippen LogP contribution in [0.1, 0.15) is 67.3 Å². The number of anilines is 1. The summed E-state index contributed by atoms with van der Waals surface area (Å²) in [5.41, 5.74) is 0.744. The van der Waals surface area contributed by atoms with Gasteiger partial charge in [-0.3, -0.25) is 14.4 Å². The second-order valence-corrected chi connectivity index (χ2v) is 11.6. The van der Waals surface area contributed by atoms with E-state index in [1.807, 2.05) is 0 Å². The number of alkyl halides is 2. The molecule has 1 aliphatic carbocycles. The second kappa shape index (κ2) is 11.7. The number of hydrogen-bond donors (Lipinski definition) is 3. The van der Waals surface area contributed by atoms with Gasteiger partial charge in [0.05, 0.1) is 16.1 Å². The Morgan fingerprint density at radius 2 is 1.74 bits per heavy atom. The van der Waals surface area contributed by atoms with Crippen molar-refractivity contribution in [3.05, 3.63) is 58.1 Å². The smallest absolute Gasteiger partial charge is 0.272 e. The van der Waals surface area contributed by atoms with Crippen molar-refractivity contribution in [2.75, 3.05) is 18.5 Å². The van der Waals surface area contributed by atoms with Crippen LogP contribution in [0.15, 0.2) is 36.4 Å². The predicted molar refractivity (Wildman–Crippen MR) is 143 cm³/mol. The summed E-state index contributed by atoms with van der Waals surface area (Å²) in [6, 6.07) is 9.06. The number of carbonyl (C=O) groups is 3. The van der Waals surface area contributed by atoms with Crippen molar-refractivity contribution in [1.29, 1.82) is 0 Å². The fourth-order valence-corrected chi connectivity index (χ4v) is 4.01. The molecule has 38 heavy (non-hydrogen) atoms. The number of carbonyl (C=O) groups excluding carboxylic acids is 3. The summed E-state index contributed by atoms with van der Waals surface area (Å²) in [7, 11) is 0. The largest absolute Gasteiger partial charge is 0.487 e. The molecule has 0 bridgehead atoms.